The van der Waals surface area contributed by atoms with Crippen LogP contribution in [0.4, 0.5) is 0 Å². The Morgan fingerprint density at radius 1 is 0.821 bits per heavy atom. The molecule has 7 heteroatoms. The van der Waals surface area contributed by atoms with Gasteiger partial charge >= 0.3 is 0 Å². The van der Waals surface area contributed by atoms with E-state index in [1.807, 2.05) is 18.2 Å². The van der Waals surface area contributed by atoms with Gasteiger partial charge in [0, 0.05) is 6.20 Å². The van der Waals surface area contributed by atoms with Gasteiger partial charge < -0.3 is 9.47 Å². The van der Waals surface area contributed by atoms with E-state index >= 15 is 0 Å². The van der Waals surface area contributed by atoms with Crippen LogP contribution in [-0.4, -0.2) is 31.6 Å². The molecule has 2 aromatic carbocycles. The minimum atomic E-state index is -3.70. The molecular weight excluding hydrogens is 376 g/mol. The third kappa shape index (κ3) is 2.90. The molecule has 28 heavy (non-hydrogen) atoms. The molecule has 0 saturated heterocycles. The molecule has 4 rings (SSSR count). The standard InChI is InChI=1S/C21H18N2O4S/c1-26-19-9-6-10-20(27-2)21(19)17-11-12-18-16(22-17)13-14-23(18)28(24,25)15-7-4-3-5-8-15/h3-14H,1-2H3. The molecule has 0 saturated carbocycles. The third-order valence-corrected chi connectivity index (χ3v) is 6.20. The van der Waals surface area contributed by atoms with Gasteiger partial charge in [-0.05, 0) is 42.5 Å². The van der Waals surface area contributed by atoms with Gasteiger partial charge in [0.25, 0.3) is 10.0 Å². The number of hydrogen-bond acceptors (Lipinski definition) is 5. The summed E-state index contributed by atoms with van der Waals surface area (Å²) >= 11 is 0. The Labute approximate surface area is 163 Å². The van der Waals surface area contributed by atoms with Crippen molar-refractivity contribution in [1.29, 1.82) is 0 Å². The van der Waals surface area contributed by atoms with Gasteiger partial charge in [-0.1, -0.05) is 24.3 Å². The lowest BCUT2D eigenvalue weighted by Gasteiger charge is -2.13. The van der Waals surface area contributed by atoms with E-state index in [1.54, 1.807) is 62.8 Å². The lowest BCUT2D eigenvalue weighted by molar-refractivity contribution is 0.397. The highest BCUT2D eigenvalue weighted by molar-refractivity contribution is 7.90. The SMILES string of the molecule is COc1cccc(OC)c1-c1ccc2c(ccn2S(=O)(=O)c2ccccc2)n1. The average molecular weight is 394 g/mol. The molecule has 0 amide bonds. The molecule has 6 nitrogen and oxygen atoms in total. The molecule has 0 radical (unpaired) electrons. The molecule has 2 aromatic heterocycles. The fourth-order valence-electron chi connectivity index (χ4n) is 3.15. The van der Waals surface area contributed by atoms with Crippen LogP contribution >= 0.6 is 0 Å². The van der Waals surface area contributed by atoms with Gasteiger partial charge in [-0.2, -0.15) is 0 Å². The summed E-state index contributed by atoms with van der Waals surface area (Å²) in [5.74, 6) is 1.25. The van der Waals surface area contributed by atoms with E-state index in [2.05, 4.69) is 4.98 Å². The maximum Gasteiger partial charge on any atom is 0.268 e. The molecule has 0 bridgehead atoms. The van der Waals surface area contributed by atoms with E-state index in [4.69, 9.17) is 9.47 Å². The number of methoxy groups -OCH3 is 2. The minimum Gasteiger partial charge on any atom is -0.496 e. The van der Waals surface area contributed by atoms with Crippen molar-refractivity contribution in [3.8, 4) is 22.8 Å². The van der Waals surface area contributed by atoms with Gasteiger partial charge in [0.15, 0.2) is 0 Å². The van der Waals surface area contributed by atoms with Crippen LogP contribution in [0, 0.1) is 0 Å². The van der Waals surface area contributed by atoms with E-state index < -0.39 is 10.0 Å². The molecule has 0 aliphatic carbocycles. The van der Waals surface area contributed by atoms with Gasteiger partial charge in [-0.3, -0.25) is 0 Å². The molecule has 2 heterocycles. The van der Waals surface area contributed by atoms with E-state index in [1.165, 1.54) is 10.2 Å². The number of rotatable bonds is 5. The van der Waals surface area contributed by atoms with Crippen LogP contribution in [0.1, 0.15) is 0 Å². The molecule has 142 valence electrons. The molecule has 0 atom stereocenters. The Morgan fingerprint density at radius 2 is 1.50 bits per heavy atom. The summed E-state index contributed by atoms with van der Waals surface area (Å²) in [5.41, 5.74) is 2.41. The number of ether oxygens (including phenoxy) is 2. The molecule has 4 aromatic rings. The number of benzene rings is 2. The molecule has 0 N–H and O–H groups in total. The third-order valence-electron chi connectivity index (χ3n) is 4.49. The zero-order chi connectivity index (χ0) is 19.7. The maximum absolute atomic E-state index is 13.0. The Balaban J connectivity index is 1.87. The summed E-state index contributed by atoms with van der Waals surface area (Å²) in [6.07, 6.45) is 1.52. The van der Waals surface area contributed by atoms with Crippen LogP contribution in [-0.2, 0) is 10.0 Å². The number of hydrogen-bond donors (Lipinski definition) is 0. The monoisotopic (exact) mass is 394 g/mol. The summed E-state index contributed by atoms with van der Waals surface area (Å²) in [7, 11) is -0.532. The normalized spacial score (nSPS) is 11.5. The van der Waals surface area contributed by atoms with Gasteiger partial charge in [0.05, 0.1) is 41.4 Å². The lowest BCUT2D eigenvalue weighted by atomic mass is 10.1. The largest absolute Gasteiger partial charge is 0.496 e. The van der Waals surface area contributed by atoms with E-state index in [9.17, 15) is 8.42 Å². The van der Waals surface area contributed by atoms with Crippen molar-refractivity contribution in [2.45, 2.75) is 4.90 Å². The highest BCUT2D eigenvalue weighted by Crippen LogP contribution is 2.38. The second kappa shape index (κ2) is 7.01. The summed E-state index contributed by atoms with van der Waals surface area (Å²) in [6.45, 7) is 0. The van der Waals surface area contributed by atoms with Gasteiger partial charge in [-0.15, -0.1) is 0 Å². The Hall–Kier alpha value is -3.32. The fourth-order valence-corrected chi connectivity index (χ4v) is 4.52. The van der Waals surface area contributed by atoms with Crippen molar-refractivity contribution in [3.63, 3.8) is 0 Å². The first kappa shape index (κ1) is 18.1. The van der Waals surface area contributed by atoms with Crippen molar-refractivity contribution in [1.82, 2.24) is 8.96 Å². The molecule has 0 unspecified atom stereocenters. The molecule has 0 spiro atoms. The lowest BCUT2D eigenvalue weighted by Crippen LogP contribution is -2.11. The topological polar surface area (TPSA) is 70.4 Å². The van der Waals surface area contributed by atoms with Crippen LogP contribution in [0.5, 0.6) is 11.5 Å². The molecular formula is C21H18N2O4S. The molecule has 0 fully saturated rings. The van der Waals surface area contributed by atoms with E-state index in [0.717, 1.165) is 0 Å². The maximum atomic E-state index is 13.0. The van der Waals surface area contributed by atoms with E-state index in [-0.39, 0.29) is 4.90 Å². The van der Waals surface area contributed by atoms with Gasteiger partial charge in [0.2, 0.25) is 0 Å². The Bertz CT molecular complexity index is 1230. The van der Waals surface area contributed by atoms with Gasteiger partial charge in [0.1, 0.15) is 11.5 Å². The van der Waals surface area contributed by atoms with Crippen molar-refractivity contribution < 1.29 is 17.9 Å². The van der Waals surface area contributed by atoms with Crippen molar-refractivity contribution in [2.24, 2.45) is 0 Å². The first-order valence-electron chi connectivity index (χ1n) is 8.56. The zero-order valence-electron chi connectivity index (χ0n) is 15.4. The first-order chi connectivity index (χ1) is 13.6. The number of aromatic nitrogens is 2. The zero-order valence-corrected chi connectivity index (χ0v) is 16.2. The van der Waals surface area contributed by atoms with Crippen LogP contribution in [0.2, 0.25) is 0 Å². The Kier molecular flexibility index (Phi) is 4.52. The molecule has 0 aliphatic rings. The summed E-state index contributed by atoms with van der Waals surface area (Å²) in [4.78, 5) is 4.87. The molecule has 0 aliphatic heterocycles. The van der Waals surface area contributed by atoms with Crippen molar-refractivity contribution in [2.75, 3.05) is 14.2 Å². The minimum absolute atomic E-state index is 0.225. The predicted octanol–water partition coefficient (Wildman–Crippen LogP) is 3.96. The second-order valence-electron chi connectivity index (χ2n) is 6.07. The highest BCUT2D eigenvalue weighted by Gasteiger charge is 2.20. The second-order valence-corrected chi connectivity index (χ2v) is 7.88. The van der Waals surface area contributed by atoms with Crippen LogP contribution in [0.15, 0.2) is 77.8 Å². The number of pyridine rings is 1. The van der Waals surface area contributed by atoms with E-state index in [0.29, 0.717) is 33.8 Å². The highest BCUT2D eigenvalue weighted by atomic mass is 32.2. The summed E-state index contributed by atoms with van der Waals surface area (Å²) < 4.78 is 38.1. The number of nitrogens with zero attached hydrogens (tertiary/aromatic N) is 2. The van der Waals surface area contributed by atoms with Crippen LogP contribution in [0.25, 0.3) is 22.3 Å². The average Bonchev–Trinajstić information content (AvgIpc) is 3.17. The predicted molar refractivity (Wildman–Crippen MR) is 107 cm³/mol. The quantitative estimate of drug-likeness (QED) is 0.512. The van der Waals surface area contributed by atoms with Crippen LogP contribution < -0.4 is 9.47 Å². The fraction of sp³-hybridized carbons (Fsp3) is 0.0952. The van der Waals surface area contributed by atoms with Crippen molar-refractivity contribution >= 4 is 21.1 Å². The summed E-state index contributed by atoms with van der Waals surface area (Å²) in [5, 5.41) is 0. The first-order valence-corrected chi connectivity index (χ1v) is 10.0. The van der Waals surface area contributed by atoms with Crippen molar-refractivity contribution in [3.05, 3.63) is 72.9 Å². The van der Waals surface area contributed by atoms with Crippen LogP contribution in [0.3, 0.4) is 0 Å². The van der Waals surface area contributed by atoms with Gasteiger partial charge in [-0.25, -0.2) is 17.4 Å². The Morgan fingerprint density at radius 3 is 2.14 bits per heavy atom. The smallest absolute Gasteiger partial charge is 0.268 e. The summed E-state index contributed by atoms with van der Waals surface area (Å²) in [6, 6.07) is 19.0. The number of fused-ring (bicyclic) bond motifs is 1.